The number of carbonyl (C=O) groups is 1. The molecule has 0 bridgehead atoms. The highest BCUT2D eigenvalue weighted by Crippen LogP contribution is 2.09. The summed E-state index contributed by atoms with van der Waals surface area (Å²) >= 11 is 0. The van der Waals surface area contributed by atoms with E-state index in [4.69, 9.17) is 4.74 Å². The Labute approximate surface area is 183 Å². The van der Waals surface area contributed by atoms with E-state index in [-0.39, 0.29) is 12.5 Å². The highest BCUT2D eigenvalue weighted by Gasteiger charge is 2.16. The number of hydrogen-bond acceptors (Lipinski definition) is 7. The molecule has 0 saturated carbocycles. The summed E-state index contributed by atoms with van der Waals surface area (Å²) in [5.41, 5.74) is 2.92. The Morgan fingerprint density at radius 2 is 1.19 bits per heavy atom. The van der Waals surface area contributed by atoms with Gasteiger partial charge in [0.15, 0.2) is 0 Å². The van der Waals surface area contributed by atoms with Crippen LogP contribution in [0.25, 0.3) is 0 Å². The number of ether oxygens (including phenoxy) is 1. The first-order chi connectivity index (χ1) is 15.2. The minimum atomic E-state index is -0.223. The molecule has 31 heavy (non-hydrogen) atoms. The molecule has 3 rings (SSSR count). The molecular formula is C24H29N5O2. The predicted molar refractivity (Wildman–Crippen MR) is 119 cm³/mol. The Kier molecular flexibility index (Phi) is 9.09. The molecule has 0 N–H and O–H groups in total. The highest BCUT2D eigenvalue weighted by atomic mass is 16.5. The third-order valence-corrected chi connectivity index (χ3v) is 4.73. The largest absolute Gasteiger partial charge is 0.465 e. The van der Waals surface area contributed by atoms with Gasteiger partial charge in [-0.2, -0.15) is 0 Å². The number of carbonyl (C=O) groups excluding carboxylic acids is 1. The predicted octanol–water partition coefficient (Wildman–Crippen LogP) is 2.94. The molecule has 0 aromatic carbocycles. The van der Waals surface area contributed by atoms with Crippen LogP contribution in [0.3, 0.4) is 0 Å². The third kappa shape index (κ3) is 8.24. The SMILES string of the molecule is CCOC(=O)CN(CCN(Cc1ccccn1)Cc1ccccn1)Cc1ccccn1. The lowest BCUT2D eigenvalue weighted by Gasteiger charge is -2.27. The Morgan fingerprint density at radius 3 is 1.61 bits per heavy atom. The van der Waals surface area contributed by atoms with E-state index in [1.807, 2.05) is 73.9 Å². The zero-order valence-electron chi connectivity index (χ0n) is 17.9. The van der Waals surface area contributed by atoms with Crippen molar-refractivity contribution in [2.24, 2.45) is 0 Å². The van der Waals surface area contributed by atoms with Crippen LogP contribution in [0.5, 0.6) is 0 Å². The fourth-order valence-electron chi connectivity index (χ4n) is 3.26. The molecule has 7 nitrogen and oxygen atoms in total. The van der Waals surface area contributed by atoms with Gasteiger partial charge in [-0.05, 0) is 43.3 Å². The maximum Gasteiger partial charge on any atom is 0.320 e. The van der Waals surface area contributed by atoms with E-state index < -0.39 is 0 Å². The lowest BCUT2D eigenvalue weighted by atomic mass is 10.2. The van der Waals surface area contributed by atoms with Crippen molar-refractivity contribution in [1.82, 2.24) is 24.8 Å². The molecule has 7 heteroatoms. The van der Waals surface area contributed by atoms with Crippen LogP contribution in [-0.4, -0.2) is 57.0 Å². The minimum absolute atomic E-state index is 0.223. The summed E-state index contributed by atoms with van der Waals surface area (Å²) in [6.07, 6.45) is 5.39. The first-order valence-electron chi connectivity index (χ1n) is 10.5. The molecule has 0 unspecified atom stereocenters. The second kappa shape index (κ2) is 12.5. The van der Waals surface area contributed by atoms with Crippen LogP contribution >= 0.6 is 0 Å². The summed E-state index contributed by atoms with van der Waals surface area (Å²) in [6, 6.07) is 17.7. The third-order valence-electron chi connectivity index (χ3n) is 4.73. The van der Waals surface area contributed by atoms with Crippen molar-refractivity contribution in [2.75, 3.05) is 26.2 Å². The average Bonchev–Trinajstić information content (AvgIpc) is 2.79. The zero-order chi connectivity index (χ0) is 21.7. The summed E-state index contributed by atoms with van der Waals surface area (Å²) in [7, 11) is 0. The molecule has 162 valence electrons. The number of rotatable bonds is 12. The van der Waals surface area contributed by atoms with Gasteiger partial charge in [-0.25, -0.2) is 0 Å². The van der Waals surface area contributed by atoms with Crippen molar-refractivity contribution in [3.05, 3.63) is 90.3 Å². The Balaban J connectivity index is 1.68. The Bertz CT molecular complexity index is 852. The van der Waals surface area contributed by atoms with E-state index in [1.54, 1.807) is 6.20 Å². The summed E-state index contributed by atoms with van der Waals surface area (Å²) in [5, 5.41) is 0. The van der Waals surface area contributed by atoms with Gasteiger partial charge in [0, 0.05) is 51.3 Å². The van der Waals surface area contributed by atoms with Crippen LogP contribution in [0, 0.1) is 0 Å². The van der Waals surface area contributed by atoms with Crippen molar-refractivity contribution in [3.8, 4) is 0 Å². The standard InChI is InChI=1S/C24H29N5O2/c1-2-31-24(30)20-29(19-23-11-5-8-14-27-23)16-15-28(17-21-9-3-6-12-25-21)18-22-10-4-7-13-26-22/h3-14H,2,15-20H2,1H3. The molecule has 3 aromatic heterocycles. The number of nitrogens with zero attached hydrogens (tertiary/aromatic N) is 5. The number of pyridine rings is 3. The number of aromatic nitrogens is 3. The molecule has 0 spiro atoms. The monoisotopic (exact) mass is 419 g/mol. The van der Waals surface area contributed by atoms with Crippen molar-refractivity contribution in [3.63, 3.8) is 0 Å². The average molecular weight is 420 g/mol. The molecule has 0 saturated heterocycles. The fraction of sp³-hybridized carbons (Fsp3) is 0.333. The second-order valence-electron chi connectivity index (χ2n) is 7.19. The molecule has 0 radical (unpaired) electrons. The van der Waals surface area contributed by atoms with Crippen molar-refractivity contribution < 1.29 is 9.53 Å². The topological polar surface area (TPSA) is 71.5 Å². The van der Waals surface area contributed by atoms with Crippen LogP contribution in [0.1, 0.15) is 24.0 Å². The Hall–Kier alpha value is -3.16. The zero-order valence-corrected chi connectivity index (χ0v) is 17.9. The first-order valence-corrected chi connectivity index (χ1v) is 10.5. The first kappa shape index (κ1) is 22.5. The van der Waals surface area contributed by atoms with Gasteiger partial charge in [-0.15, -0.1) is 0 Å². The van der Waals surface area contributed by atoms with Crippen molar-refractivity contribution >= 4 is 5.97 Å². The van der Waals surface area contributed by atoms with Crippen molar-refractivity contribution in [2.45, 2.75) is 26.6 Å². The summed E-state index contributed by atoms with van der Waals surface area (Å²) in [4.78, 5) is 29.9. The molecule has 0 fully saturated rings. The second-order valence-corrected chi connectivity index (χ2v) is 7.19. The van der Waals surface area contributed by atoms with E-state index in [0.717, 1.165) is 23.6 Å². The van der Waals surface area contributed by atoms with Gasteiger partial charge < -0.3 is 4.74 Å². The molecule has 0 atom stereocenters. The van der Waals surface area contributed by atoms with E-state index in [1.165, 1.54) is 0 Å². The molecule has 0 aliphatic rings. The maximum absolute atomic E-state index is 12.2. The van der Waals surface area contributed by atoms with E-state index in [2.05, 4.69) is 24.8 Å². The van der Waals surface area contributed by atoms with Gasteiger partial charge >= 0.3 is 5.97 Å². The van der Waals surface area contributed by atoms with E-state index in [9.17, 15) is 4.79 Å². The van der Waals surface area contributed by atoms with Crippen LogP contribution in [-0.2, 0) is 29.2 Å². The Morgan fingerprint density at radius 1 is 0.742 bits per heavy atom. The fourth-order valence-corrected chi connectivity index (χ4v) is 3.26. The van der Waals surface area contributed by atoms with Crippen LogP contribution in [0.4, 0.5) is 0 Å². The smallest absolute Gasteiger partial charge is 0.320 e. The lowest BCUT2D eigenvalue weighted by Crippen LogP contribution is -2.38. The van der Waals surface area contributed by atoms with Gasteiger partial charge in [0.05, 0.1) is 30.2 Å². The van der Waals surface area contributed by atoms with Gasteiger partial charge in [-0.1, -0.05) is 18.2 Å². The molecule has 3 heterocycles. The highest BCUT2D eigenvalue weighted by molar-refractivity contribution is 5.71. The van der Waals surface area contributed by atoms with Crippen LogP contribution in [0.15, 0.2) is 73.2 Å². The molecule has 0 aliphatic carbocycles. The summed E-state index contributed by atoms with van der Waals surface area (Å²) in [5.74, 6) is -0.223. The molecule has 0 amide bonds. The molecule has 0 aliphatic heterocycles. The van der Waals surface area contributed by atoms with Crippen LogP contribution < -0.4 is 0 Å². The molecule has 3 aromatic rings. The minimum Gasteiger partial charge on any atom is -0.465 e. The summed E-state index contributed by atoms with van der Waals surface area (Å²) < 4.78 is 5.17. The lowest BCUT2D eigenvalue weighted by molar-refractivity contribution is -0.144. The van der Waals surface area contributed by atoms with Crippen LogP contribution in [0.2, 0.25) is 0 Å². The quantitative estimate of drug-likeness (QED) is 0.418. The van der Waals surface area contributed by atoms with Crippen molar-refractivity contribution in [1.29, 1.82) is 0 Å². The number of esters is 1. The number of hydrogen-bond donors (Lipinski definition) is 0. The van der Waals surface area contributed by atoms with Gasteiger partial charge in [0.2, 0.25) is 0 Å². The van der Waals surface area contributed by atoms with Gasteiger partial charge in [0.1, 0.15) is 0 Å². The molecular weight excluding hydrogens is 390 g/mol. The van der Waals surface area contributed by atoms with Gasteiger partial charge in [0.25, 0.3) is 0 Å². The summed E-state index contributed by atoms with van der Waals surface area (Å²) in [6.45, 7) is 5.85. The van der Waals surface area contributed by atoms with E-state index >= 15 is 0 Å². The van der Waals surface area contributed by atoms with Gasteiger partial charge in [-0.3, -0.25) is 29.5 Å². The maximum atomic E-state index is 12.2. The normalized spacial score (nSPS) is 11.1. The van der Waals surface area contributed by atoms with E-state index in [0.29, 0.717) is 32.8 Å².